The van der Waals surface area contributed by atoms with Crippen LogP contribution in [0.4, 0.5) is 0 Å². The number of carbonyl (C=O) groups is 2. The van der Waals surface area contributed by atoms with Crippen LogP contribution in [0.15, 0.2) is 60.0 Å². The monoisotopic (exact) mass is 392 g/mol. The molecule has 0 radical (unpaired) electrons. The highest BCUT2D eigenvalue weighted by atomic mass is 32.1. The van der Waals surface area contributed by atoms with Crippen LogP contribution in [0, 0.1) is 18.3 Å². The van der Waals surface area contributed by atoms with Crippen LogP contribution in [0.3, 0.4) is 0 Å². The molecule has 7 heteroatoms. The first-order valence-corrected chi connectivity index (χ1v) is 9.30. The van der Waals surface area contributed by atoms with Crippen molar-refractivity contribution in [2.45, 2.75) is 12.8 Å². The molecule has 0 unspecified atom stereocenters. The van der Waals surface area contributed by atoms with Gasteiger partial charge < -0.3 is 9.47 Å². The minimum Gasteiger partial charge on any atom is -0.456 e. The van der Waals surface area contributed by atoms with Gasteiger partial charge in [0.25, 0.3) is 0 Å². The summed E-state index contributed by atoms with van der Waals surface area (Å²) in [5.74, 6) is -1.39. The van der Waals surface area contributed by atoms with E-state index in [-0.39, 0.29) is 5.56 Å². The number of hydrogen-bond acceptors (Lipinski definition) is 7. The fraction of sp³-hybridized carbons (Fsp3) is 0.143. The molecular formula is C21H16N2O4S. The number of thiazole rings is 1. The largest absolute Gasteiger partial charge is 0.456 e. The number of rotatable bonds is 7. The van der Waals surface area contributed by atoms with Crippen molar-refractivity contribution in [3.8, 4) is 17.6 Å². The lowest BCUT2D eigenvalue weighted by molar-refractivity contribution is -0.122. The maximum atomic E-state index is 12.5. The lowest BCUT2D eigenvalue weighted by atomic mass is 10.1. The lowest BCUT2D eigenvalue weighted by Crippen LogP contribution is -2.20. The van der Waals surface area contributed by atoms with E-state index >= 15 is 0 Å². The molecule has 0 aliphatic carbocycles. The van der Waals surface area contributed by atoms with Gasteiger partial charge in [0.15, 0.2) is 18.3 Å². The van der Waals surface area contributed by atoms with Crippen molar-refractivity contribution in [1.82, 2.24) is 4.98 Å². The average molecular weight is 392 g/mol. The molecule has 0 N–H and O–H groups in total. The fourth-order valence-corrected chi connectivity index (χ4v) is 3.27. The van der Waals surface area contributed by atoms with Gasteiger partial charge in [0, 0.05) is 11.1 Å². The highest BCUT2D eigenvalue weighted by Gasteiger charge is 2.25. The van der Waals surface area contributed by atoms with Crippen LogP contribution in [0.5, 0.6) is 11.5 Å². The molecule has 0 spiro atoms. The molecule has 0 fully saturated rings. The molecule has 1 atom stereocenters. The summed E-state index contributed by atoms with van der Waals surface area (Å²) in [5.41, 5.74) is 0.926. The number of nitriles is 1. The fourth-order valence-electron chi connectivity index (χ4n) is 2.41. The first-order chi connectivity index (χ1) is 13.6. The molecular weight excluding hydrogens is 376 g/mol. The Hall–Kier alpha value is -3.50. The number of ether oxygens (including phenoxy) is 2. The van der Waals surface area contributed by atoms with Gasteiger partial charge in [-0.3, -0.25) is 4.79 Å². The van der Waals surface area contributed by atoms with Crippen molar-refractivity contribution in [1.29, 1.82) is 5.26 Å². The van der Waals surface area contributed by atoms with Crippen LogP contribution in [0.2, 0.25) is 0 Å². The highest BCUT2D eigenvalue weighted by Crippen LogP contribution is 2.26. The van der Waals surface area contributed by atoms with Gasteiger partial charge in [0.05, 0.1) is 6.07 Å². The molecule has 28 heavy (non-hydrogen) atoms. The van der Waals surface area contributed by atoms with E-state index < -0.39 is 24.3 Å². The second-order valence-electron chi connectivity index (χ2n) is 5.84. The van der Waals surface area contributed by atoms with Crippen LogP contribution in [0.1, 0.15) is 27.0 Å². The van der Waals surface area contributed by atoms with Crippen LogP contribution >= 0.6 is 11.3 Å². The molecule has 0 saturated carbocycles. The van der Waals surface area contributed by atoms with Gasteiger partial charge in [-0.15, -0.1) is 11.3 Å². The quantitative estimate of drug-likeness (QED) is 0.558. The summed E-state index contributed by atoms with van der Waals surface area (Å²) in [6, 6.07) is 17.5. The number of nitrogens with zero attached hydrogens (tertiary/aromatic N) is 2. The van der Waals surface area contributed by atoms with E-state index in [0.717, 1.165) is 5.69 Å². The molecule has 140 valence electrons. The van der Waals surface area contributed by atoms with Gasteiger partial charge in [0.1, 0.15) is 22.1 Å². The number of aromatic nitrogens is 1. The van der Waals surface area contributed by atoms with Gasteiger partial charge in [-0.05, 0) is 31.2 Å². The molecule has 3 aromatic rings. The van der Waals surface area contributed by atoms with Crippen molar-refractivity contribution in [3.63, 3.8) is 0 Å². The summed E-state index contributed by atoms with van der Waals surface area (Å²) in [7, 11) is 0. The normalized spacial score (nSPS) is 11.3. The third-order valence-electron chi connectivity index (χ3n) is 3.76. The standard InChI is InChI=1S/C21H16N2O4S/c1-14-13-28-20(23-14)17(11-22)18(24)12-26-21(25)16-9-5-6-10-19(16)27-15-7-3-2-4-8-15/h2-10,13,17H,12H2,1H3/t17-/m1/s1. The zero-order valence-corrected chi connectivity index (χ0v) is 15.8. The van der Waals surface area contributed by atoms with E-state index in [1.54, 1.807) is 48.7 Å². The summed E-state index contributed by atoms with van der Waals surface area (Å²) in [6.45, 7) is 1.26. The van der Waals surface area contributed by atoms with E-state index in [1.165, 1.54) is 11.3 Å². The predicted molar refractivity (Wildman–Crippen MR) is 103 cm³/mol. The predicted octanol–water partition coefficient (Wildman–Crippen LogP) is 4.28. The molecule has 1 aromatic heterocycles. The smallest absolute Gasteiger partial charge is 0.342 e. The number of hydrogen-bond donors (Lipinski definition) is 0. The van der Waals surface area contributed by atoms with E-state index in [9.17, 15) is 14.9 Å². The van der Waals surface area contributed by atoms with E-state index in [2.05, 4.69) is 4.98 Å². The molecule has 0 saturated heterocycles. The zero-order chi connectivity index (χ0) is 19.9. The maximum absolute atomic E-state index is 12.5. The Balaban J connectivity index is 1.68. The van der Waals surface area contributed by atoms with Crippen molar-refractivity contribution in [3.05, 3.63) is 76.2 Å². The number of ketones is 1. The van der Waals surface area contributed by atoms with Crippen LogP contribution in [-0.2, 0) is 9.53 Å². The molecule has 2 aromatic carbocycles. The maximum Gasteiger partial charge on any atom is 0.342 e. The molecule has 1 heterocycles. The minimum absolute atomic E-state index is 0.192. The molecule has 0 aliphatic heterocycles. The Morgan fingerprint density at radius 2 is 1.86 bits per heavy atom. The average Bonchev–Trinajstić information content (AvgIpc) is 3.14. The van der Waals surface area contributed by atoms with Crippen molar-refractivity contribution in [2.24, 2.45) is 0 Å². The third kappa shape index (κ3) is 4.61. The Labute approximate surface area is 166 Å². The summed E-state index contributed by atoms with van der Waals surface area (Å²) in [5, 5.41) is 11.4. The zero-order valence-electron chi connectivity index (χ0n) is 15.0. The second kappa shape index (κ2) is 8.93. The molecule has 0 aliphatic rings. The number of para-hydroxylation sites is 2. The number of carbonyl (C=O) groups excluding carboxylic acids is 2. The van der Waals surface area contributed by atoms with Gasteiger partial charge in [-0.25, -0.2) is 9.78 Å². The van der Waals surface area contributed by atoms with E-state index in [4.69, 9.17) is 9.47 Å². The summed E-state index contributed by atoms with van der Waals surface area (Å²) in [4.78, 5) is 29.0. The molecule has 0 amide bonds. The Kier molecular flexibility index (Phi) is 6.14. The van der Waals surface area contributed by atoms with E-state index in [1.807, 2.05) is 24.3 Å². The Morgan fingerprint density at radius 1 is 1.14 bits per heavy atom. The van der Waals surface area contributed by atoms with Crippen LogP contribution < -0.4 is 4.74 Å². The third-order valence-corrected chi connectivity index (χ3v) is 4.79. The molecule has 3 rings (SSSR count). The number of esters is 1. The van der Waals surface area contributed by atoms with Crippen LogP contribution in [0.25, 0.3) is 0 Å². The minimum atomic E-state index is -1.05. The van der Waals surface area contributed by atoms with Gasteiger partial charge in [0.2, 0.25) is 0 Å². The van der Waals surface area contributed by atoms with Crippen molar-refractivity contribution in [2.75, 3.05) is 6.61 Å². The number of benzene rings is 2. The lowest BCUT2D eigenvalue weighted by Gasteiger charge is -2.11. The van der Waals surface area contributed by atoms with Gasteiger partial charge in [-0.1, -0.05) is 30.3 Å². The Bertz CT molecular complexity index is 1020. The highest BCUT2D eigenvalue weighted by molar-refractivity contribution is 7.09. The van der Waals surface area contributed by atoms with Crippen molar-refractivity contribution >= 4 is 23.1 Å². The number of aryl methyl sites for hydroxylation is 1. The summed E-state index contributed by atoms with van der Waals surface area (Å²) >= 11 is 1.23. The summed E-state index contributed by atoms with van der Waals surface area (Å²) < 4.78 is 10.9. The number of Topliss-reactive ketones (excluding diaryl/α,β-unsaturated/α-hetero) is 1. The molecule has 0 bridgehead atoms. The molecule has 6 nitrogen and oxygen atoms in total. The second-order valence-corrected chi connectivity index (χ2v) is 6.73. The first-order valence-electron chi connectivity index (χ1n) is 8.42. The SMILES string of the molecule is Cc1csc([C@H](C#N)C(=O)COC(=O)c2ccccc2Oc2ccccc2)n1. The van der Waals surface area contributed by atoms with E-state index in [0.29, 0.717) is 16.5 Å². The van der Waals surface area contributed by atoms with Crippen molar-refractivity contribution < 1.29 is 19.1 Å². The topological polar surface area (TPSA) is 89.3 Å². The van der Waals surface area contributed by atoms with Crippen LogP contribution in [-0.4, -0.2) is 23.3 Å². The first kappa shape index (κ1) is 19.3. The van der Waals surface area contributed by atoms with Gasteiger partial charge >= 0.3 is 5.97 Å². The Morgan fingerprint density at radius 3 is 2.54 bits per heavy atom. The van der Waals surface area contributed by atoms with Gasteiger partial charge in [-0.2, -0.15) is 5.26 Å². The summed E-state index contributed by atoms with van der Waals surface area (Å²) in [6.07, 6.45) is 0.